The molecule has 0 aliphatic heterocycles. The maximum atomic E-state index is 11.7. The monoisotopic (exact) mass is 200 g/mol. The van der Waals surface area contributed by atoms with E-state index in [0.717, 1.165) is 0 Å². The van der Waals surface area contributed by atoms with Crippen LogP contribution < -0.4 is 0 Å². The van der Waals surface area contributed by atoms with Gasteiger partial charge in [0, 0.05) is 6.16 Å². The highest BCUT2D eigenvalue weighted by Crippen LogP contribution is 2.48. The molecular weight excluding hydrogens is 187 g/mol. The van der Waals surface area contributed by atoms with E-state index >= 15 is 0 Å². The van der Waals surface area contributed by atoms with Crippen molar-refractivity contribution >= 4 is 7.60 Å². The topological polar surface area (TPSA) is 35.5 Å². The smallest absolute Gasteiger partial charge is 0.295 e. The van der Waals surface area contributed by atoms with E-state index in [9.17, 15) is 4.57 Å². The van der Waals surface area contributed by atoms with Crippen molar-refractivity contribution in [3.05, 3.63) is 0 Å². The first-order valence-corrected chi connectivity index (χ1v) is 5.66. The fraction of sp³-hybridized carbons (Fsp3) is 0.556. The summed E-state index contributed by atoms with van der Waals surface area (Å²) >= 11 is 0. The molecule has 0 aliphatic carbocycles. The Morgan fingerprint density at radius 3 is 2.00 bits per heavy atom. The fourth-order valence-electron chi connectivity index (χ4n) is 0.711. The van der Waals surface area contributed by atoms with Crippen LogP contribution in [0.15, 0.2) is 0 Å². The molecule has 13 heavy (non-hydrogen) atoms. The van der Waals surface area contributed by atoms with E-state index in [4.69, 9.17) is 21.9 Å². The molecule has 3 nitrogen and oxygen atoms in total. The molecule has 0 rings (SSSR count). The highest BCUT2D eigenvalue weighted by atomic mass is 31.2. The molecule has 0 amide bonds. The Morgan fingerprint density at radius 2 is 1.69 bits per heavy atom. The summed E-state index contributed by atoms with van der Waals surface area (Å²) in [5.74, 6) is 4.46. The van der Waals surface area contributed by atoms with Crippen LogP contribution in [0.3, 0.4) is 0 Å². The molecule has 0 aliphatic rings. The van der Waals surface area contributed by atoms with Crippen molar-refractivity contribution in [2.45, 2.75) is 13.3 Å². The normalized spacial score (nSPS) is 10.4. The van der Waals surface area contributed by atoms with Gasteiger partial charge in [0.25, 0.3) is 0 Å². The molecule has 0 heterocycles. The van der Waals surface area contributed by atoms with Crippen molar-refractivity contribution in [1.82, 2.24) is 0 Å². The van der Waals surface area contributed by atoms with Gasteiger partial charge in [-0.2, -0.15) is 0 Å². The van der Waals surface area contributed by atoms with Gasteiger partial charge in [0.15, 0.2) is 0 Å². The van der Waals surface area contributed by atoms with Gasteiger partial charge in [0.1, 0.15) is 13.2 Å². The van der Waals surface area contributed by atoms with Crippen molar-refractivity contribution in [3.63, 3.8) is 0 Å². The van der Waals surface area contributed by atoms with E-state index < -0.39 is 7.60 Å². The van der Waals surface area contributed by atoms with Gasteiger partial charge in [-0.05, 0) is 6.42 Å². The molecule has 0 fully saturated rings. The van der Waals surface area contributed by atoms with Crippen LogP contribution in [0.5, 0.6) is 0 Å². The summed E-state index contributed by atoms with van der Waals surface area (Å²) in [6.45, 7) is 1.86. The second-order valence-corrected chi connectivity index (χ2v) is 4.48. The Morgan fingerprint density at radius 1 is 1.23 bits per heavy atom. The van der Waals surface area contributed by atoms with Crippen LogP contribution in [0.2, 0.25) is 0 Å². The molecule has 0 radical (unpaired) electrons. The summed E-state index contributed by atoms with van der Waals surface area (Å²) < 4.78 is 21.5. The minimum Gasteiger partial charge on any atom is -0.295 e. The predicted octanol–water partition coefficient (Wildman–Crippen LogP) is 1.89. The largest absolute Gasteiger partial charge is 0.332 e. The van der Waals surface area contributed by atoms with Crippen molar-refractivity contribution < 1.29 is 13.6 Å². The zero-order chi connectivity index (χ0) is 10.2. The molecule has 0 unspecified atom stereocenters. The lowest BCUT2D eigenvalue weighted by molar-refractivity contribution is 0.242. The van der Waals surface area contributed by atoms with Crippen LogP contribution >= 0.6 is 7.60 Å². The molecule has 0 saturated heterocycles. The first kappa shape index (κ1) is 12.3. The van der Waals surface area contributed by atoms with Gasteiger partial charge in [0.2, 0.25) is 0 Å². The summed E-state index contributed by atoms with van der Waals surface area (Å²) in [6, 6.07) is 0. The quantitative estimate of drug-likeness (QED) is 0.485. The van der Waals surface area contributed by atoms with E-state index in [2.05, 4.69) is 11.8 Å². The maximum Gasteiger partial charge on any atom is 0.332 e. The molecule has 4 heteroatoms. The fourth-order valence-corrected chi connectivity index (χ4v) is 2.13. The third-order valence-electron chi connectivity index (χ3n) is 1.19. The Labute approximate surface area is 79.3 Å². The number of terminal acetylenes is 2. The van der Waals surface area contributed by atoms with Crippen LogP contribution in [0.4, 0.5) is 0 Å². The summed E-state index contributed by atoms with van der Waals surface area (Å²) in [4.78, 5) is 0. The zero-order valence-corrected chi connectivity index (χ0v) is 8.55. The summed E-state index contributed by atoms with van der Waals surface area (Å²) in [7, 11) is -3.04. The second kappa shape index (κ2) is 6.75. The molecule has 0 spiro atoms. The van der Waals surface area contributed by atoms with Gasteiger partial charge >= 0.3 is 7.60 Å². The van der Waals surface area contributed by atoms with E-state index in [1.807, 2.05) is 6.92 Å². The van der Waals surface area contributed by atoms with Crippen LogP contribution in [0.1, 0.15) is 13.3 Å². The van der Waals surface area contributed by atoms with Gasteiger partial charge < -0.3 is 0 Å². The van der Waals surface area contributed by atoms with Gasteiger partial charge in [-0.1, -0.05) is 18.8 Å². The first-order valence-electron chi connectivity index (χ1n) is 3.93. The van der Waals surface area contributed by atoms with E-state index in [1.165, 1.54) is 0 Å². The average molecular weight is 200 g/mol. The Kier molecular flexibility index (Phi) is 6.37. The van der Waals surface area contributed by atoms with Crippen LogP contribution in [0, 0.1) is 24.7 Å². The van der Waals surface area contributed by atoms with Gasteiger partial charge in [-0.3, -0.25) is 13.6 Å². The number of hydrogen-bond donors (Lipinski definition) is 0. The molecule has 0 aromatic rings. The Balaban J connectivity index is 4.11. The lowest BCUT2D eigenvalue weighted by atomic mass is 10.6. The first-order chi connectivity index (χ1) is 6.18. The molecule has 0 saturated carbocycles. The third kappa shape index (κ3) is 5.50. The van der Waals surface area contributed by atoms with Crippen molar-refractivity contribution in [3.8, 4) is 24.7 Å². The maximum absolute atomic E-state index is 11.7. The summed E-state index contributed by atoms with van der Waals surface area (Å²) in [6.07, 6.45) is 11.0. The highest BCUT2D eigenvalue weighted by Gasteiger charge is 2.22. The standard InChI is InChI=1S/C9H13O3P/c1-4-7-11-13(10,9-6-3)12-8-5-2/h1-2H,6-9H2,3H3. The molecule has 0 N–H and O–H groups in total. The van der Waals surface area contributed by atoms with Crippen LogP contribution in [-0.2, 0) is 13.6 Å². The van der Waals surface area contributed by atoms with Gasteiger partial charge in [0.05, 0.1) is 0 Å². The second-order valence-electron chi connectivity index (χ2n) is 2.29. The van der Waals surface area contributed by atoms with Crippen molar-refractivity contribution in [1.29, 1.82) is 0 Å². The SMILES string of the molecule is C#CCOP(=O)(CCC)OCC#C. The molecular formula is C9H13O3P. The molecule has 0 bridgehead atoms. The van der Waals surface area contributed by atoms with Gasteiger partial charge in [-0.25, -0.2) is 0 Å². The third-order valence-corrected chi connectivity index (χ3v) is 3.23. The predicted molar refractivity (Wildman–Crippen MR) is 52.3 cm³/mol. The Hall–Kier alpha value is -0.730. The highest BCUT2D eigenvalue weighted by molar-refractivity contribution is 7.53. The lowest BCUT2D eigenvalue weighted by Crippen LogP contribution is -2.00. The van der Waals surface area contributed by atoms with E-state index in [1.54, 1.807) is 0 Å². The average Bonchev–Trinajstić information content (AvgIpc) is 2.12. The van der Waals surface area contributed by atoms with Crippen LogP contribution in [0.25, 0.3) is 0 Å². The summed E-state index contributed by atoms with van der Waals surface area (Å²) in [5, 5.41) is 0. The molecule has 0 aromatic heterocycles. The van der Waals surface area contributed by atoms with Gasteiger partial charge in [-0.15, -0.1) is 12.8 Å². The van der Waals surface area contributed by atoms with Crippen molar-refractivity contribution in [2.75, 3.05) is 19.4 Å². The van der Waals surface area contributed by atoms with Crippen molar-refractivity contribution in [2.24, 2.45) is 0 Å². The minimum atomic E-state index is -3.04. The zero-order valence-electron chi connectivity index (χ0n) is 7.66. The Bertz CT molecular complexity index is 237. The van der Waals surface area contributed by atoms with E-state index in [-0.39, 0.29) is 13.2 Å². The minimum absolute atomic E-state index is 0.0121. The number of rotatable bonds is 6. The van der Waals surface area contributed by atoms with E-state index in [0.29, 0.717) is 12.6 Å². The number of hydrogen-bond acceptors (Lipinski definition) is 3. The summed E-state index contributed by atoms with van der Waals surface area (Å²) in [5.41, 5.74) is 0. The molecule has 0 atom stereocenters. The molecule has 72 valence electrons. The van der Waals surface area contributed by atoms with Crippen LogP contribution in [-0.4, -0.2) is 19.4 Å². The lowest BCUT2D eigenvalue weighted by Gasteiger charge is -2.14. The molecule has 0 aromatic carbocycles.